The number of aryl methyl sites for hydroxylation is 1. The molecule has 0 spiro atoms. The average molecular weight is 719 g/mol. The van der Waals surface area contributed by atoms with Crippen molar-refractivity contribution in [3.05, 3.63) is 118 Å². The number of rotatable bonds is 6. The van der Waals surface area contributed by atoms with E-state index in [1.165, 1.54) is 12.1 Å². The minimum atomic E-state index is -6.16. The van der Waals surface area contributed by atoms with Crippen LogP contribution >= 0.6 is 0 Å². The van der Waals surface area contributed by atoms with E-state index in [-0.39, 0.29) is 11.8 Å². The fourth-order valence-electron chi connectivity index (χ4n) is 5.94. The molecule has 258 valence electrons. The van der Waals surface area contributed by atoms with Gasteiger partial charge in [-0.1, -0.05) is 29.8 Å². The first kappa shape index (κ1) is 34.3. The summed E-state index contributed by atoms with van der Waals surface area (Å²) >= 11 is 0. The smallest absolute Gasteiger partial charge is 0.411 e. The van der Waals surface area contributed by atoms with Gasteiger partial charge in [0.2, 0.25) is 5.41 Å². The van der Waals surface area contributed by atoms with E-state index >= 15 is 0 Å². The Labute approximate surface area is 278 Å². The summed E-state index contributed by atoms with van der Waals surface area (Å²) in [7, 11) is -4.09. The predicted molar refractivity (Wildman–Crippen MR) is 161 cm³/mol. The van der Waals surface area contributed by atoms with E-state index in [4.69, 9.17) is 4.74 Å². The van der Waals surface area contributed by atoms with Gasteiger partial charge in [-0.2, -0.15) is 34.8 Å². The van der Waals surface area contributed by atoms with Gasteiger partial charge in [-0.05, 0) is 72.6 Å². The van der Waals surface area contributed by atoms with E-state index in [0.717, 1.165) is 24.7 Å². The number of amides is 4. The lowest BCUT2D eigenvalue weighted by molar-refractivity contribution is -0.288. The van der Waals surface area contributed by atoms with Crippen molar-refractivity contribution in [3.63, 3.8) is 0 Å². The lowest BCUT2D eigenvalue weighted by Crippen LogP contribution is -2.55. The second-order valence-corrected chi connectivity index (χ2v) is 12.8. The Kier molecular flexibility index (Phi) is 7.72. The van der Waals surface area contributed by atoms with Crippen LogP contribution in [0.1, 0.15) is 58.1 Å². The molecule has 1 N–H and O–H groups in total. The van der Waals surface area contributed by atoms with Crippen LogP contribution in [-0.4, -0.2) is 60.9 Å². The number of alkyl halides is 6. The van der Waals surface area contributed by atoms with Crippen LogP contribution in [0.2, 0.25) is 0 Å². The molecule has 2 aliphatic rings. The number of ether oxygens (including phenoxy) is 1. The van der Waals surface area contributed by atoms with E-state index in [1.807, 2.05) is 0 Å². The molecule has 0 unspecified atom stereocenters. The van der Waals surface area contributed by atoms with Crippen LogP contribution in [0, 0.1) is 6.92 Å². The molecule has 17 heteroatoms. The van der Waals surface area contributed by atoms with Crippen molar-refractivity contribution >= 4 is 39.4 Å². The Morgan fingerprint density at radius 1 is 0.640 bits per heavy atom. The number of nitrogens with zero attached hydrogens (tertiary/aromatic N) is 2. The zero-order chi connectivity index (χ0) is 36.7. The lowest BCUT2D eigenvalue weighted by Gasteiger charge is -2.38. The quantitative estimate of drug-likeness (QED) is 0.136. The normalized spacial score (nSPS) is 15.1. The molecule has 0 fully saturated rings. The maximum Gasteiger partial charge on any atom is 0.411 e. The summed E-state index contributed by atoms with van der Waals surface area (Å²) in [6.45, 7) is 1.77. The summed E-state index contributed by atoms with van der Waals surface area (Å²) in [5.41, 5.74) is -10.2. The molecule has 0 bridgehead atoms. The van der Waals surface area contributed by atoms with Crippen molar-refractivity contribution in [2.45, 2.75) is 29.6 Å². The molecule has 4 amide bonds. The van der Waals surface area contributed by atoms with E-state index < -0.39 is 101 Å². The van der Waals surface area contributed by atoms with Crippen LogP contribution in [0.4, 0.5) is 32.0 Å². The van der Waals surface area contributed by atoms with Gasteiger partial charge in [0, 0.05) is 7.05 Å². The Bertz CT molecular complexity index is 2250. The fourth-order valence-corrected chi connectivity index (χ4v) is 6.57. The maximum atomic E-state index is 14.9. The number of imide groups is 2. The lowest BCUT2D eigenvalue weighted by atomic mass is 9.71. The van der Waals surface area contributed by atoms with Gasteiger partial charge in [0.05, 0.1) is 27.9 Å². The van der Waals surface area contributed by atoms with Gasteiger partial charge in [0.15, 0.2) is 0 Å². The van der Waals surface area contributed by atoms with E-state index in [0.29, 0.717) is 46.2 Å². The second-order valence-electron chi connectivity index (χ2n) is 11.4. The highest BCUT2D eigenvalue weighted by molar-refractivity contribution is 7.86. The molecule has 2 aliphatic heterocycles. The molecule has 0 aliphatic carbocycles. The largest absolute Gasteiger partial charge is 0.456 e. The van der Waals surface area contributed by atoms with Gasteiger partial charge >= 0.3 is 12.4 Å². The summed E-state index contributed by atoms with van der Waals surface area (Å²) in [6, 6.07) is 11.5. The number of halogens is 6. The molecular formula is C33H20F6N2O8S. The summed E-state index contributed by atoms with van der Waals surface area (Å²) in [5.74, 6) is -4.98. The minimum Gasteiger partial charge on any atom is -0.456 e. The standard InChI is InChI=1S/C33H20F6N2O8S/c1-16-3-8-20(9-4-16)49-25-12-7-19(15-26(25)50(46,47)48)41-29(44)22-11-6-18(14-24(22)30(41)45)31(32(34,35)36,33(37,38)39)17-5-10-21-23(13-17)28(43)40(2)27(21)42/h3-15H,1-2H3,(H,46,47,48). The highest BCUT2D eigenvalue weighted by Crippen LogP contribution is 2.57. The molecule has 4 aromatic rings. The van der Waals surface area contributed by atoms with Crippen LogP contribution < -0.4 is 9.64 Å². The number of carbonyl (C=O) groups is 4. The summed E-state index contributed by atoms with van der Waals surface area (Å²) in [5, 5.41) is 0. The molecule has 0 radical (unpaired) electrons. The molecule has 6 rings (SSSR count). The SMILES string of the molecule is Cc1ccc(Oc2ccc(N3C(=O)c4ccc(C(c5ccc6c(c5)C(=O)N(C)C6=O)(C(F)(F)F)C(F)(F)F)cc4C3=O)cc2S(=O)(=O)O)cc1. The maximum absolute atomic E-state index is 14.9. The summed E-state index contributed by atoms with van der Waals surface area (Å²) in [6.07, 6.45) is -12.3. The van der Waals surface area contributed by atoms with E-state index in [9.17, 15) is 58.5 Å². The molecule has 2 heterocycles. The first-order chi connectivity index (χ1) is 23.2. The Morgan fingerprint density at radius 3 is 1.64 bits per heavy atom. The third kappa shape index (κ3) is 5.11. The first-order valence-electron chi connectivity index (χ1n) is 14.2. The molecule has 10 nitrogen and oxygen atoms in total. The Hall–Kier alpha value is -5.55. The zero-order valence-electron chi connectivity index (χ0n) is 25.4. The molecule has 0 aromatic heterocycles. The van der Waals surface area contributed by atoms with Crippen molar-refractivity contribution < 1.29 is 63.2 Å². The van der Waals surface area contributed by atoms with Gasteiger partial charge < -0.3 is 4.74 Å². The monoisotopic (exact) mass is 718 g/mol. The van der Waals surface area contributed by atoms with Crippen molar-refractivity contribution in [2.75, 3.05) is 11.9 Å². The van der Waals surface area contributed by atoms with E-state index in [2.05, 4.69) is 0 Å². The van der Waals surface area contributed by atoms with Crippen molar-refractivity contribution in [2.24, 2.45) is 0 Å². The third-order valence-corrected chi connectivity index (χ3v) is 9.28. The van der Waals surface area contributed by atoms with Crippen molar-refractivity contribution in [1.29, 1.82) is 0 Å². The van der Waals surface area contributed by atoms with Gasteiger partial charge in [-0.15, -0.1) is 0 Å². The Morgan fingerprint density at radius 2 is 1.12 bits per heavy atom. The number of benzene rings is 4. The first-order valence-corrected chi connectivity index (χ1v) is 15.6. The highest BCUT2D eigenvalue weighted by Gasteiger charge is 2.73. The van der Waals surface area contributed by atoms with Gasteiger partial charge in [0.1, 0.15) is 16.4 Å². The van der Waals surface area contributed by atoms with Gasteiger partial charge in [-0.25, -0.2) is 4.90 Å². The highest BCUT2D eigenvalue weighted by atomic mass is 32.2. The van der Waals surface area contributed by atoms with Crippen LogP contribution in [-0.2, 0) is 15.5 Å². The zero-order valence-corrected chi connectivity index (χ0v) is 26.2. The van der Waals surface area contributed by atoms with Gasteiger partial charge in [-0.3, -0.25) is 28.6 Å². The predicted octanol–water partition coefficient (Wildman–Crippen LogP) is 6.47. The minimum absolute atomic E-state index is 0.144. The second kappa shape index (κ2) is 11.2. The molecule has 4 aromatic carbocycles. The van der Waals surface area contributed by atoms with Crippen LogP contribution in [0.25, 0.3) is 0 Å². The molecular weight excluding hydrogens is 698 g/mol. The molecule has 0 saturated carbocycles. The molecule has 50 heavy (non-hydrogen) atoms. The third-order valence-electron chi connectivity index (χ3n) is 8.40. The number of anilines is 1. The molecule has 0 saturated heterocycles. The Balaban J connectivity index is 1.47. The summed E-state index contributed by atoms with van der Waals surface area (Å²) in [4.78, 5) is 51.7. The summed E-state index contributed by atoms with van der Waals surface area (Å²) < 4.78 is 130. The number of hydrogen-bond donors (Lipinski definition) is 1. The van der Waals surface area contributed by atoms with Crippen LogP contribution in [0.15, 0.2) is 83.8 Å². The number of fused-ring (bicyclic) bond motifs is 2. The number of carbonyl (C=O) groups excluding carboxylic acids is 4. The molecule has 0 atom stereocenters. The topological polar surface area (TPSA) is 138 Å². The van der Waals surface area contributed by atoms with E-state index in [1.54, 1.807) is 19.1 Å². The van der Waals surface area contributed by atoms with Crippen LogP contribution in [0.5, 0.6) is 11.5 Å². The number of hydrogen-bond acceptors (Lipinski definition) is 7. The van der Waals surface area contributed by atoms with Crippen molar-refractivity contribution in [3.8, 4) is 11.5 Å². The van der Waals surface area contributed by atoms with Gasteiger partial charge in [0.25, 0.3) is 33.7 Å². The van der Waals surface area contributed by atoms with Crippen molar-refractivity contribution in [1.82, 2.24) is 4.90 Å². The van der Waals surface area contributed by atoms with Crippen LogP contribution in [0.3, 0.4) is 0 Å². The fraction of sp³-hybridized carbons (Fsp3) is 0.152. The average Bonchev–Trinajstić information content (AvgIpc) is 3.40.